The van der Waals surface area contributed by atoms with E-state index in [2.05, 4.69) is 51.0 Å². The molecule has 0 heterocycles. The van der Waals surface area contributed by atoms with Crippen molar-refractivity contribution < 1.29 is 5.11 Å². The summed E-state index contributed by atoms with van der Waals surface area (Å²) in [6.45, 7) is 4.22. The third-order valence-electron chi connectivity index (χ3n) is 4.93. The molecular weight excluding hydrogens is 246 g/mol. The molecule has 0 spiro atoms. The van der Waals surface area contributed by atoms with E-state index in [4.69, 9.17) is 0 Å². The number of hydrogen-bond acceptors (Lipinski definition) is 2. The molecule has 2 heteroatoms. The first kappa shape index (κ1) is 15.5. The van der Waals surface area contributed by atoms with Crippen LogP contribution in [0.25, 0.3) is 0 Å². The van der Waals surface area contributed by atoms with Crippen LogP contribution in [0.5, 0.6) is 0 Å². The summed E-state index contributed by atoms with van der Waals surface area (Å²) in [5.41, 5.74) is 3.46. The SMILES string of the molecule is Cc1cc(C)cc(C(O)C2(N(C)C)CCCCCC2)c1. The minimum Gasteiger partial charge on any atom is -0.386 e. The van der Waals surface area contributed by atoms with Gasteiger partial charge in [0.1, 0.15) is 0 Å². The van der Waals surface area contributed by atoms with Gasteiger partial charge in [0.05, 0.1) is 11.6 Å². The first-order valence-electron chi connectivity index (χ1n) is 7.89. The van der Waals surface area contributed by atoms with Crippen molar-refractivity contribution in [3.05, 3.63) is 34.9 Å². The van der Waals surface area contributed by atoms with Gasteiger partial charge in [0.2, 0.25) is 0 Å². The van der Waals surface area contributed by atoms with Gasteiger partial charge in [-0.3, -0.25) is 0 Å². The molecule has 0 bridgehead atoms. The smallest absolute Gasteiger partial charge is 0.0973 e. The molecule has 112 valence electrons. The van der Waals surface area contributed by atoms with Crippen molar-refractivity contribution in [2.24, 2.45) is 0 Å². The molecule has 0 amide bonds. The van der Waals surface area contributed by atoms with Crippen LogP contribution >= 0.6 is 0 Å². The van der Waals surface area contributed by atoms with Gasteiger partial charge in [-0.1, -0.05) is 55.0 Å². The van der Waals surface area contributed by atoms with E-state index in [-0.39, 0.29) is 5.54 Å². The fraction of sp³-hybridized carbons (Fsp3) is 0.667. The van der Waals surface area contributed by atoms with E-state index in [0.29, 0.717) is 0 Å². The number of likely N-dealkylation sites (N-methyl/N-ethyl adjacent to an activating group) is 1. The van der Waals surface area contributed by atoms with Crippen LogP contribution in [0, 0.1) is 13.8 Å². The molecule has 0 aliphatic heterocycles. The summed E-state index contributed by atoms with van der Waals surface area (Å²) >= 11 is 0. The van der Waals surface area contributed by atoms with Gasteiger partial charge in [0.15, 0.2) is 0 Å². The Hall–Kier alpha value is -0.860. The van der Waals surface area contributed by atoms with E-state index >= 15 is 0 Å². The maximum Gasteiger partial charge on any atom is 0.0973 e. The minimum absolute atomic E-state index is 0.100. The molecule has 2 nitrogen and oxygen atoms in total. The molecule has 0 saturated heterocycles. The molecule has 1 fully saturated rings. The lowest BCUT2D eigenvalue weighted by atomic mass is 9.79. The summed E-state index contributed by atoms with van der Waals surface area (Å²) in [5.74, 6) is 0. The molecule has 2 rings (SSSR count). The molecule has 1 aliphatic carbocycles. The average molecular weight is 275 g/mol. The van der Waals surface area contributed by atoms with Crippen molar-refractivity contribution in [3.63, 3.8) is 0 Å². The zero-order valence-corrected chi connectivity index (χ0v) is 13.4. The highest BCUT2D eigenvalue weighted by molar-refractivity contribution is 5.31. The Labute approximate surface area is 123 Å². The molecule has 1 aromatic carbocycles. The Kier molecular flexibility index (Phi) is 4.87. The Morgan fingerprint density at radius 2 is 1.45 bits per heavy atom. The molecule has 1 N–H and O–H groups in total. The highest BCUT2D eigenvalue weighted by Gasteiger charge is 2.40. The average Bonchev–Trinajstić information content (AvgIpc) is 2.63. The van der Waals surface area contributed by atoms with Crippen LogP contribution in [0.15, 0.2) is 18.2 Å². The lowest BCUT2D eigenvalue weighted by molar-refractivity contribution is -0.0199. The summed E-state index contributed by atoms with van der Waals surface area (Å²) in [4.78, 5) is 2.26. The van der Waals surface area contributed by atoms with Gasteiger partial charge in [-0.25, -0.2) is 0 Å². The van der Waals surface area contributed by atoms with Crippen molar-refractivity contribution in [1.29, 1.82) is 0 Å². The van der Waals surface area contributed by atoms with Gasteiger partial charge >= 0.3 is 0 Å². The number of hydrogen-bond donors (Lipinski definition) is 1. The summed E-state index contributed by atoms with van der Waals surface area (Å²) in [7, 11) is 4.24. The van der Waals surface area contributed by atoms with Crippen molar-refractivity contribution in [1.82, 2.24) is 4.90 Å². The van der Waals surface area contributed by atoms with Crippen molar-refractivity contribution in [2.75, 3.05) is 14.1 Å². The fourth-order valence-corrected chi connectivity index (χ4v) is 3.78. The number of nitrogens with zero attached hydrogens (tertiary/aromatic N) is 1. The monoisotopic (exact) mass is 275 g/mol. The van der Waals surface area contributed by atoms with Crippen molar-refractivity contribution in [2.45, 2.75) is 64.0 Å². The van der Waals surface area contributed by atoms with E-state index in [1.54, 1.807) is 0 Å². The quantitative estimate of drug-likeness (QED) is 0.843. The third kappa shape index (κ3) is 3.07. The Balaban J connectivity index is 2.37. The Morgan fingerprint density at radius 3 is 1.90 bits per heavy atom. The molecule has 1 aromatic rings. The molecule has 1 aliphatic rings. The zero-order chi connectivity index (χ0) is 14.8. The summed E-state index contributed by atoms with van der Waals surface area (Å²) in [5, 5.41) is 11.1. The van der Waals surface area contributed by atoms with Crippen LogP contribution in [0.4, 0.5) is 0 Å². The van der Waals surface area contributed by atoms with Gasteiger partial charge in [-0.2, -0.15) is 0 Å². The molecule has 1 unspecified atom stereocenters. The Morgan fingerprint density at radius 1 is 0.950 bits per heavy atom. The topological polar surface area (TPSA) is 23.5 Å². The maximum atomic E-state index is 11.1. The molecular formula is C18H29NO. The summed E-state index contributed by atoms with van der Waals surface area (Å²) in [6, 6.07) is 6.47. The van der Waals surface area contributed by atoms with Crippen LogP contribution in [0.1, 0.15) is 61.3 Å². The van der Waals surface area contributed by atoms with E-state index in [0.717, 1.165) is 18.4 Å². The number of rotatable bonds is 3. The van der Waals surface area contributed by atoms with Crippen LogP contribution in [-0.2, 0) is 0 Å². The molecule has 0 aromatic heterocycles. The van der Waals surface area contributed by atoms with Crippen molar-refractivity contribution >= 4 is 0 Å². The van der Waals surface area contributed by atoms with Crippen LogP contribution in [-0.4, -0.2) is 29.6 Å². The highest BCUT2D eigenvalue weighted by atomic mass is 16.3. The van der Waals surface area contributed by atoms with E-state index < -0.39 is 6.10 Å². The predicted molar refractivity (Wildman–Crippen MR) is 85.0 cm³/mol. The van der Waals surface area contributed by atoms with Gasteiger partial charge in [0.25, 0.3) is 0 Å². The summed E-state index contributed by atoms with van der Waals surface area (Å²) < 4.78 is 0. The lowest BCUT2D eigenvalue weighted by Crippen LogP contribution is -2.49. The van der Waals surface area contributed by atoms with E-state index in [9.17, 15) is 5.11 Å². The molecule has 1 atom stereocenters. The van der Waals surface area contributed by atoms with Gasteiger partial charge in [-0.15, -0.1) is 0 Å². The van der Waals surface area contributed by atoms with Crippen molar-refractivity contribution in [3.8, 4) is 0 Å². The highest BCUT2D eigenvalue weighted by Crippen LogP contribution is 2.41. The first-order valence-corrected chi connectivity index (χ1v) is 7.89. The molecule has 0 radical (unpaired) electrons. The normalized spacial score (nSPS) is 20.7. The maximum absolute atomic E-state index is 11.1. The van der Waals surface area contributed by atoms with Gasteiger partial charge in [-0.05, 0) is 46.3 Å². The van der Waals surface area contributed by atoms with Crippen LogP contribution < -0.4 is 0 Å². The minimum atomic E-state index is -0.394. The number of aliphatic hydroxyl groups excluding tert-OH is 1. The predicted octanol–water partition coefficient (Wildman–Crippen LogP) is 3.99. The lowest BCUT2D eigenvalue weighted by Gasteiger charge is -2.43. The number of aryl methyl sites for hydroxylation is 2. The molecule has 20 heavy (non-hydrogen) atoms. The summed E-state index contributed by atoms with van der Waals surface area (Å²) in [6.07, 6.45) is 6.83. The zero-order valence-electron chi connectivity index (χ0n) is 13.4. The standard InChI is InChI=1S/C18H29NO/c1-14-11-15(2)13-16(12-14)17(20)18(19(3)4)9-7-5-6-8-10-18/h11-13,17,20H,5-10H2,1-4H3. The van der Waals surface area contributed by atoms with Crippen LogP contribution in [0.3, 0.4) is 0 Å². The largest absolute Gasteiger partial charge is 0.386 e. The van der Waals surface area contributed by atoms with E-state index in [1.807, 2.05) is 0 Å². The molecule has 1 saturated carbocycles. The van der Waals surface area contributed by atoms with Crippen LogP contribution in [0.2, 0.25) is 0 Å². The first-order chi connectivity index (χ1) is 9.45. The van der Waals surface area contributed by atoms with Gasteiger partial charge in [0, 0.05) is 0 Å². The number of aliphatic hydroxyl groups is 1. The second kappa shape index (κ2) is 6.28. The number of benzene rings is 1. The van der Waals surface area contributed by atoms with E-state index in [1.165, 1.54) is 36.8 Å². The fourth-order valence-electron chi connectivity index (χ4n) is 3.78. The third-order valence-corrected chi connectivity index (χ3v) is 4.93. The second-order valence-electron chi connectivity index (χ2n) is 6.74. The van der Waals surface area contributed by atoms with Gasteiger partial charge < -0.3 is 10.0 Å². The Bertz CT molecular complexity index is 424. The second-order valence-corrected chi connectivity index (χ2v) is 6.74.